The summed E-state index contributed by atoms with van der Waals surface area (Å²) in [5.41, 5.74) is 18.8. The van der Waals surface area contributed by atoms with Gasteiger partial charge in [-0.25, -0.2) is 0 Å². The Morgan fingerprint density at radius 2 is 0.804 bits per heavy atom. The van der Waals surface area contributed by atoms with Gasteiger partial charge in [0.1, 0.15) is 0 Å². The van der Waals surface area contributed by atoms with E-state index in [0.29, 0.717) is 0 Å². The predicted molar refractivity (Wildman–Crippen MR) is 216 cm³/mol. The van der Waals surface area contributed by atoms with Gasteiger partial charge in [-0.1, -0.05) is 152 Å². The number of rotatable bonds is 4. The van der Waals surface area contributed by atoms with E-state index in [4.69, 9.17) is 0 Å². The van der Waals surface area contributed by atoms with E-state index < -0.39 is 0 Å². The highest BCUT2D eigenvalue weighted by atomic mass is 15.1. The molecule has 0 saturated heterocycles. The molecule has 2 aliphatic carbocycles. The Morgan fingerprint density at radius 1 is 0.275 bits per heavy atom. The summed E-state index contributed by atoms with van der Waals surface area (Å²) in [6.07, 6.45) is 0. The highest BCUT2D eigenvalue weighted by Crippen LogP contribution is 2.57. The van der Waals surface area contributed by atoms with Crippen molar-refractivity contribution < 1.29 is 0 Å². The van der Waals surface area contributed by atoms with Gasteiger partial charge in [0, 0.05) is 16.8 Å². The lowest BCUT2D eigenvalue weighted by Crippen LogP contribution is -2.11. The van der Waals surface area contributed by atoms with Gasteiger partial charge in [0.25, 0.3) is 0 Å². The maximum atomic E-state index is 2.44. The first-order valence-corrected chi connectivity index (χ1v) is 17.7. The first-order valence-electron chi connectivity index (χ1n) is 17.7. The second-order valence-electron chi connectivity index (χ2n) is 13.7. The second-order valence-corrected chi connectivity index (χ2v) is 13.7. The lowest BCUT2D eigenvalue weighted by Gasteiger charge is -2.29. The Kier molecular flexibility index (Phi) is 6.02. The minimum atomic E-state index is 1.12. The normalized spacial score (nSPS) is 11.9. The SMILES string of the molecule is c1ccc2c(c1)-c1cccc3c1-c1cc(N(c4ccc(-c5ccc6ccccc6c5)cc4)c4cccc5ccccc45)ccc1-c1cccc-3c1-2. The maximum Gasteiger partial charge on any atom is 0.0540 e. The lowest BCUT2D eigenvalue weighted by atomic mass is 9.83. The molecule has 11 rings (SSSR count). The molecule has 0 aromatic heterocycles. The summed E-state index contributed by atoms with van der Waals surface area (Å²) in [4.78, 5) is 2.44. The van der Waals surface area contributed by atoms with Gasteiger partial charge in [-0.05, 0) is 119 Å². The van der Waals surface area contributed by atoms with Crippen LogP contribution in [-0.4, -0.2) is 0 Å². The standard InChI is InChI=1S/C50H31N/c1-2-12-35-30-36(23-22-32(35)10-1)33-24-26-37(27-25-33)51(48-21-7-13-34-11-3-4-14-39(34)48)38-28-29-41-44-18-9-19-45-46-20-8-17-43(50(46)47(41)31-38)40-15-5-6-16-42(40)49(44)45/h1-31H. The average molecular weight is 646 g/mol. The molecular formula is C50H31N. The van der Waals surface area contributed by atoms with Gasteiger partial charge in [0.15, 0.2) is 0 Å². The number of nitrogens with zero attached hydrogens (tertiary/aromatic N) is 1. The van der Waals surface area contributed by atoms with Crippen molar-refractivity contribution in [3.05, 3.63) is 188 Å². The van der Waals surface area contributed by atoms with Crippen LogP contribution in [-0.2, 0) is 0 Å². The third-order valence-electron chi connectivity index (χ3n) is 10.9. The van der Waals surface area contributed by atoms with E-state index in [-0.39, 0.29) is 0 Å². The zero-order valence-corrected chi connectivity index (χ0v) is 27.8. The third kappa shape index (κ3) is 4.22. The number of anilines is 3. The van der Waals surface area contributed by atoms with E-state index in [2.05, 4.69) is 193 Å². The fourth-order valence-corrected chi connectivity index (χ4v) is 8.63. The molecule has 1 nitrogen and oxygen atoms in total. The molecule has 6 bridgehead atoms. The first kappa shape index (κ1) is 28.2. The second kappa shape index (κ2) is 10.9. The number of benzene rings is 9. The molecular weight excluding hydrogens is 615 g/mol. The molecule has 2 aliphatic rings. The summed E-state index contributed by atoms with van der Waals surface area (Å²) < 4.78 is 0. The van der Waals surface area contributed by atoms with Crippen LogP contribution in [0.4, 0.5) is 17.1 Å². The zero-order valence-electron chi connectivity index (χ0n) is 27.8. The third-order valence-corrected chi connectivity index (χ3v) is 10.9. The van der Waals surface area contributed by atoms with Crippen LogP contribution in [0.15, 0.2) is 188 Å². The van der Waals surface area contributed by atoms with Crippen LogP contribution < -0.4 is 4.90 Å². The van der Waals surface area contributed by atoms with E-state index in [1.54, 1.807) is 0 Å². The molecule has 9 aromatic rings. The Morgan fingerprint density at radius 3 is 1.59 bits per heavy atom. The van der Waals surface area contributed by atoms with Gasteiger partial charge in [0.2, 0.25) is 0 Å². The Hall–Kier alpha value is -6.70. The van der Waals surface area contributed by atoms with E-state index in [1.807, 2.05) is 0 Å². The number of fused-ring (bicyclic) bond motifs is 6. The van der Waals surface area contributed by atoms with Gasteiger partial charge in [0.05, 0.1) is 5.69 Å². The van der Waals surface area contributed by atoms with E-state index >= 15 is 0 Å². The fraction of sp³-hybridized carbons (Fsp3) is 0. The van der Waals surface area contributed by atoms with E-state index in [9.17, 15) is 0 Å². The average Bonchev–Trinajstić information content (AvgIpc) is 3.30. The van der Waals surface area contributed by atoms with E-state index in [0.717, 1.165) is 17.1 Å². The van der Waals surface area contributed by atoms with E-state index in [1.165, 1.54) is 88.3 Å². The first-order chi connectivity index (χ1) is 25.3. The highest BCUT2D eigenvalue weighted by molar-refractivity contribution is 6.15. The van der Waals surface area contributed by atoms with Crippen molar-refractivity contribution >= 4 is 38.6 Å². The van der Waals surface area contributed by atoms with Gasteiger partial charge >= 0.3 is 0 Å². The topological polar surface area (TPSA) is 3.24 Å². The monoisotopic (exact) mass is 645 g/mol. The van der Waals surface area contributed by atoms with Gasteiger partial charge < -0.3 is 4.90 Å². The van der Waals surface area contributed by atoms with Crippen LogP contribution >= 0.6 is 0 Å². The smallest absolute Gasteiger partial charge is 0.0540 e. The van der Waals surface area contributed by atoms with Gasteiger partial charge in [-0.3, -0.25) is 0 Å². The van der Waals surface area contributed by atoms with Crippen molar-refractivity contribution in [1.29, 1.82) is 0 Å². The zero-order chi connectivity index (χ0) is 33.5. The molecule has 0 spiro atoms. The van der Waals surface area contributed by atoms with Crippen LogP contribution in [0, 0.1) is 0 Å². The Bertz CT molecular complexity index is 2830. The van der Waals surface area contributed by atoms with Crippen molar-refractivity contribution in [1.82, 2.24) is 0 Å². The van der Waals surface area contributed by atoms with Crippen molar-refractivity contribution in [2.45, 2.75) is 0 Å². The largest absolute Gasteiger partial charge is 0.310 e. The molecule has 0 unspecified atom stereocenters. The molecule has 9 aromatic carbocycles. The summed E-state index contributed by atoms with van der Waals surface area (Å²) in [6, 6.07) is 69.4. The van der Waals surface area contributed by atoms with Crippen molar-refractivity contribution in [2.75, 3.05) is 4.90 Å². The Labute approximate surface area is 297 Å². The summed E-state index contributed by atoms with van der Waals surface area (Å²) >= 11 is 0. The molecule has 0 aliphatic heterocycles. The van der Waals surface area contributed by atoms with Crippen LogP contribution in [0.5, 0.6) is 0 Å². The van der Waals surface area contributed by atoms with Crippen LogP contribution in [0.1, 0.15) is 0 Å². The predicted octanol–water partition coefficient (Wildman–Crippen LogP) is 14.1. The van der Waals surface area contributed by atoms with Crippen molar-refractivity contribution in [3.63, 3.8) is 0 Å². The Balaban J connectivity index is 1.14. The fourth-order valence-electron chi connectivity index (χ4n) is 8.63. The number of hydrogen-bond acceptors (Lipinski definition) is 1. The molecule has 0 saturated carbocycles. The summed E-state index contributed by atoms with van der Waals surface area (Å²) in [5.74, 6) is 0. The van der Waals surface area contributed by atoms with Crippen LogP contribution in [0.3, 0.4) is 0 Å². The molecule has 0 heterocycles. The molecule has 51 heavy (non-hydrogen) atoms. The quantitative estimate of drug-likeness (QED) is 0.184. The molecule has 1 heteroatoms. The molecule has 236 valence electrons. The minimum Gasteiger partial charge on any atom is -0.310 e. The van der Waals surface area contributed by atoms with Crippen molar-refractivity contribution in [3.8, 4) is 66.8 Å². The molecule has 0 amide bonds. The maximum absolute atomic E-state index is 2.44. The highest BCUT2D eigenvalue weighted by Gasteiger charge is 2.31. The minimum absolute atomic E-state index is 1.12. The molecule has 0 N–H and O–H groups in total. The molecule has 0 atom stereocenters. The van der Waals surface area contributed by atoms with Crippen molar-refractivity contribution in [2.24, 2.45) is 0 Å². The van der Waals surface area contributed by atoms with Crippen LogP contribution in [0.25, 0.3) is 88.3 Å². The van der Waals surface area contributed by atoms with Gasteiger partial charge in [-0.15, -0.1) is 0 Å². The lowest BCUT2D eigenvalue weighted by molar-refractivity contribution is 1.30. The summed E-state index contributed by atoms with van der Waals surface area (Å²) in [5, 5.41) is 4.96. The molecule has 0 fully saturated rings. The molecule has 0 radical (unpaired) electrons. The summed E-state index contributed by atoms with van der Waals surface area (Å²) in [7, 11) is 0. The van der Waals surface area contributed by atoms with Gasteiger partial charge in [-0.2, -0.15) is 0 Å². The van der Waals surface area contributed by atoms with Crippen LogP contribution in [0.2, 0.25) is 0 Å². The summed E-state index contributed by atoms with van der Waals surface area (Å²) in [6.45, 7) is 0. The number of hydrogen-bond donors (Lipinski definition) is 0.